The lowest BCUT2D eigenvalue weighted by Crippen LogP contribution is -2.52. The van der Waals surface area contributed by atoms with E-state index in [1.165, 1.54) is 0 Å². The number of hydrogen-bond acceptors (Lipinski definition) is 3. The first-order valence-corrected chi connectivity index (χ1v) is 5.85. The van der Waals surface area contributed by atoms with Gasteiger partial charge in [0.15, 0.2) is 0 Å². The predicted molar refractivity (Wildman–Crippen MR) is 57.6 cm³/mol. The van der Waals surface area contributed by atoms with Crippen molar-refractivity contribution in [3.8, 4) is 0 Å². The second kappa shape index (κ2) is 4.94. The van der Waals surface area contributed by atoms with Gasteiger partial charge in [-0.3, -0.25) is 4.79 Å². The van der Waals surface area contributed by atoms with Crippen molar-refractivity contribution >= 4 is 5.91 Å². The number of nitrogens with zero attached hydrogens (tertiary/aromatic N) is 1. The fraction of sp³-hybridized carbons (Fsp3) is 0.909. The fourth-order valence-electron chi connectivity index (χ4n) is 2.32. The summed E-state index contributed by atoms with van der Waals surface area (Å²) in [6.45, 7) is 6.41. The van der Waals surface area contributed by atoms with Crippen molar-refractivity contribution in [1.29, 1.82) is 0 Å². The molecule has 1 amide bonds. The first kappa shape index (κ1) is 10.9. The highest BCUT2D eigenvalue weighted by Gasteiger charge is 2.26. The Morgan fingerprint density at radius 1 is 1.60 bits per heavy atom. The Kier molecular flexibility index (Phi) is 3.59. The summed E-state index contributed by atoms with van der Waals surface area (Å²) < 4.78 is 5.29. The maximum absolute atomic E-state index is 12.0. The molecular formula is C11H20N2O2. The van der Waals surface area contributed by atoms with Gasteiger partial charge in [-0.05, 0) is 19.3 Å². The normalized spacial score (nSPS) is 31.9. The van der Waals surface area contributed by atoms with Crippen LogP contribution in [0.2, 0.25) is 0 Å². The molecule has 4 heteroatoms. The Morgan fingerprint density at radius 2 is 2.47 bits per heavy atom. The summed E-state index contributed by atoms with van der Waals surface area (Å²) >= 11 is 0. The Labute approximate surface area is 91.0 Å². The summed E-state index contributed by atoms with van der Waals surface area (Å²) in [5.41, 5.74) is 0. The van der Waals surface area contributed by atoms with Crippen LogP contribution in [0.25, 0.3) is 0 Å². The molecule has 2 aliphatic rings. The van der Waals surface area contributed by atoms with Crippen molar-refractivity contribution in [1.82, 2.24) is 10.2 Å². The largest absolute Gasteiger partial charge is 0.381 e. The molecule has 1 N–H and O–H groups in total. The van der Waals surface area contributed by atoms with Gasteiger partial charge in [-0.2, -0.15) is 0 Å². The molecule has 2 aliphatic heterocycles. The second-order valence-corrected chi connectivity index (χ2v) is 4.57. The van der Waals surface area contributed by atoms with Crippen molar-refractivity contribution < 1.29 is 9.53 Å². The van der Waals surface area contributed by atoms with E-state index in [0.29, 0.717) is 24.3 Å². The molecular weight excluding hydrogens is 192 g/mol. The maximum Gasteiger partial charge on any atom is 0.223 e. The third-order valence-corrected chi connectivity index (χ3v) is 3.31. The Morgan fingerprint density at radius 3 is 3.13 bits per heavy atom. The van der Waals surface area contributed by atoms with Crippen molar-refractivity contribution in [3.63, 3.8) is 0 Å². The lowest BCUT2D eigenvalue weighted by molar-refractivity contribution is -0.135. The molecule has 0 radical (unpaired) electrons. The third-order valence-electron chi connectivity index (χ3n) is 3.31. The van der Waals surface area contributed by atoms with Crippen molar-refractivity contribution in [2.45, 2.75) is 25.8 Å². The number of amides is 1. The quantitative estimate of drug-likeness (QED) is 0.712. The van der Waals surface area contributed by atoms with Gasteiger partial charge in [0.05, 0.1) is 0 Å². The SMILES string of the molecule is C[C@H]1CNCCN1C(=O)CC1CCOC1. The number of carbonyl (C=O) groups excluding carboxylic acids is 1. The standard InChI is InChI=1S/C11H20N2O2/c1-9-7-12-3-4-13(9)11(14)6-10-2-5-15-8-10/h9-10,12H,2-8H2,1H3/t9-,10?/m0/s1. The number of carbonyl (C=O) groups is 1. The van der Waals surface area contributed by atoms with E-state index < -0.39 is 0 Å². The Bertz CT molecular complexity index is 227. The Balaban J connectivity index is 1.83. The van der Waals surface area contributed by atoms with Crippen molar-refractivity contribution in [3.05, 3.63) is 0 Å². The summed E-state index contributed by atoms with van der Waals surface area (Å²) in [4.78, 5) is 14.0. The lowest BCUT2D eigenvalue weighted by atomic mass is 10.0. The zero-order valence-electron chi connectivity index (χ0n) is 9.37. The molecule has 0 bridgehead atoms. The fourth-order valence-corrected chi connectivity index (χ4v) is 2.32. The highest BCUT2D eigenvalue weighted by molar-refractivity contribution is 5.77. The predicted octanol–water partition coefficient (Wildman–Crippen LogP) is 0.233. The third kappa shape index (κ3) is 2.69. The summed E-state index contributed by atoms with van der Waals surface area (Å²) in [5, 5.41) is 3.29. The molecule has 1 unspecified atom stereocenters. The zero-order valence-corrected chi connectivity index (χ0v) is 9.37. The molecule has 0 spiro atoms. The van der Waals surface area contributed by atoms with Gasteiger partial charge in [0.1, 0.15) is 0 Å². The summed E-state index contributed by atoms with van der Waals surface area (Å²) in [7, 11) is 0. The van der Waals surface area contributed by atoms with Gasteiger partial charge < -0.3 is 15.0 Å². The Hall–Kier alpha value is -0.610. The van der Waals surface area contributed by atoms with Crippen LogP contribution >= 0.6 is 0 Å². The number of nitrogens with one attached hydrogen (secondary N) is 1. The van der Waals surface area contributed by atoms with Crippen molar-refractivity contribution in [2.24, 2.45) is 5.92 Å². The molecule has 0 aliphatic carbocycles. The molecule has 2 fully saturated rings. The van der Waals surface area contributed by atoms with Crippen LogP contribution in [0.1, 0.15) is 19.8 Å². The first-order chi connectivity index (χ1) is 7.27. The minimum absolute atomic E-state index is 0.305. The molecule has 86 valence electrons. The van der Waals surface area contributed by atoms with Crippen LogP contribution in [0.3, 0.4) is 0 Å². The van der Waals surface area contributed by atoms with Crippen LogP contribution in [0.5, 0.6) is 0 Å². The van der Waals surface area contributed by atoms with E-state index >= 15 is 0 Å². The molecule has 0 aromatic rings. The molecule has 0 aromatic heterocycles. The lowest BCUT2D eigenvalue weighted by Gasteiger charge is -2.34. The van der Waals surface area contributed by atoms with Crippen LogP contribution in [-0.2, 0) is 9.53 Å². The van der Waals surface area contributed by atoms with Gasteiger partial charge in [0.25, 0.3) is 0 Å². The summed E-state index contributed by atoms with van der Waals surface area (Å²) in [5.74, 6) is 0.763. The molecule has 4 nitrogen and oxygen atoms in total. The smallest absolute Gasteiger partial charge is 0.223 e. The van der Waals surface area contributed by atoms with E-state index in [0.717, 1.165) is 39.3 Å². The average Bonchev–Trinajstić information content (AvgIpc) is 2.71. The molecule has 2 rings (SSSR count). The number of rotatable bonds is 2. The highest BCUT2D eigenvalue weighted by atomic mass is 16.5. The second-order valence-electron chi connectivity index (χ2n) is 4.57. The molecule has 2 heterocycles. The first-order valence-electron chi connectivity index (χ1n) is 5.85. The minimum atomic E-state index is 0.305. The topological polar surface area (TPSA) is 41.6 Å². The number of hydrogen-bond donors (Lipinski definition) is 1. The van der Waals surface area contributed by atoms with Crippen LogP contribution in [0.15, 0.2) is 0 Å². The molecule has 2 atom stereocenters. The van der Waals surface area contributed by atoms with Crippen LogP contribution < -0.4 is 5.32 Å². The number of piperazine rings is 1. The van der Waals surface area contributed by atoms with Gasteiger partial charge >= 0.3 is 0 Å². The molecule has 2 saturated heterocycles. The van der Waals surface area contributed by atoms with Crippen LogP contribution in [-0.4, -0.2) is 49.7 Å². The molecule has 15 heavy (non-hydrogen) atoms. The van der Waals surface area contributed by atoms with E-state index in [4.69, 9.17) is 4.74 Å². The highest BCUT2D eigenvalue weighted by Crippen LogP contribution is 2.18. The van der Waals surface area contributed by atoms with Crippen molar-refractivity contribution in [2.75, 3.05) is 32.8 Å². The van der Waals surface area contributed by atoms with Gasteiger partial charge in [-0.25, -0.2) is 0 Å². The van der Waals surface area contributed by atoms with Gasteiger partial charge in [0.2, 0.25) is 5.91 Å². The molecule has 0 aromatic carbocycles. The van der Waals surface area contributed by atoms with E-state index in [9.17, 15) is 4.79 Å². The van der Waals surface area contributed by atoms with Crippen LogP contribution in [0, 0.1) is 5.92 Å². The van der Waals surface area contributed by atoms with E-state index in [-0.39, 0.29) is 0 Å². The maximum atomic E-state index is 12.0. The van der Waals surface area contributed by atoms with E-state index in [1.54, 1.807) is 0 Å². The van der Waals surface area contributed by atoms with Gasteiger partial charge in [0, 0.05) is 45.3 Å². The van der Waals surface area contributed by atoms with E-state index in [2.05, 4.69) is 12.2 Å². The average molecular weight is 212 g/mol. The number of ether oxygens (including phenoxy) is 1. The summed E-state index contributed by atoms with van der Waals surface area (Å²) in [6.07, 6.45) is 1.72. The molecule has 0 saturated carbocycles. The zero-order chi connectivity index (χ0) is 10.7. The van der Waals surface area contributed by atoms with Gasteiger partial charge in [-0.15, -0.1) is 0 Å². The monoisotopic (exact) mass is 212 g/mol. The minimum Gasteiger partial charge on any atom is -0.381 e. The van der Waals surface area contributed by atoms with Crippen LogP contribution in [0.4, 0.5) is 0 Å². The van der Waals surface area contributed by atoms with Gasteiger partial charge in [-0.1, -0.05) is 0 Å². The summed E-state index contributed by atoms with van der Waals surface area (Å²) in [6, 6.07) is 0.341. The van der Waals surface area contributed by atoms with E-state index in [1.807, 2.05) is 4.90 Å².